The van der Waals surface area contributed by atoms with Gasteiger partial charge in [-0.25, -0.2) is 4.98 Å². The number of rotatable bonds is 5. The molecule has 4 nitrogen and oxygen atoms in total. The molecule has 21 heavy (non-hydrogen) atoms. The summed E-state index contributed by atoms with van der Waals surface area (Å²) in [5.41, 5.74) is -0.299. The first-order chi connectivity index (χ1) is 9.88. The lowest BCUT2D eigenvalue weighted by Gasteiger charge is -2.33. The zero-order valence-electron chi connectivity index (χ0n) is 12.5. The lowest BCUT2D eigenvalue weighted by atomic mass is 9.85. The van der Waals surface area contributed by atoms with Crippen molar-refractivity contribution in [2.75, 3.05) is 0 Å². The van der Waals surface area contributed by atoms with Crippen LogP contribution >= 0.6 is 11.6 Å². The fraction of sp³-hybridized carbons (Fsp3) is 0.438. The van der Waals surface area contributed by atoms with E-state index >= 15 is 0 Å². The minimum absolute atomic E-state index is 0.299. The molecule has 1 heterocycles. The van der Waals surface area contributed by atoms with E-state index in [0.29, 0.717) is 17.3 Å². The van der Waals surface area contributed by atoms with Crippen molar-refractivity contribution in [2.45, 2.75) is 39.5 Å². The highest BCUT2D eigenvalue weighted by Crippen LogP contribution is 2.29. The quantitative estimate of drug-likeness (QED) is 0.921. The van der Waals surface area contributed by atoms with Crippen molar-refractivity contribution >= 4 is 11.6 Å². The second-order valence-electron chi connectivity index (χ2n) is 6.16. The van der Waals surface area contributed by atoms with E-state index in [2.05, 4.69) is 4.98 Å². The summed E-state index contributed by atoms with van der Waals surface area (Å²) in [4.78, 5) is 4.02. The number of ether oxygens (including phenoxy) is 1. The average Bonchev–Trinajstić information content (AvgIpc) is 2.91. The standard InChI is InChI=1S/C16H21ClN2O2/c1-16(2,3)15(20)14(10-19-9-8-18-11-19)21-13-7-5-4-6-12(13)17/h4-9,11,14-15,20H,10H2,1-3H3. The molecule has 2 rings (SSSR count). The van der Waals surface area contributed by atoms with Crippen molar-refractivity contribution in [3.8, 4) is 5.75 Å². The molecule has 0 spiro atoms. The van der Waals surface area contributed by atoms with Gasteiger partial charge in [-0.05, 0) is 17.5 Å². The average molecular weight is 309 g/mol. The molecule has 0 bridgehead atoms. The number of hydrogen-bond donors (Lipinski definition) is 1. The predicted octanol–water partition coefficient (Wildman–Crippen LogP) is 3.39. The van der Waals surface area contributed by atoms with Crippen molar-refractivity contribution in [3.63, 3.8) is 0 Å². The summed E-state index contributed by atoms with van der Waals surface area (Å²) >= 11 is 6.14. The fourth-order valence-electron chi connectivity index (χ4n) is 2.07. The van der Waals surface area contributed by atoms with E-state index in [1.165, 1.54) is 0 Å². The summed E-state index contributed by atoms with van der Waals surface area (Å²) < 4.78 is 7.86. The summed E-state index contributed by atoms with van der Waals surface area (Å²) in [6.07, 6.45) is 4.20. The number of nitrogens with zero attached hydrogens (tertiary/aromatic N) is 2. The van der Waals surface area contributed by atoms with Crippen LogP contribution in [-0.2, 0) is 6.54 Å². The first kappa shape index (κ1) is 15.9. The number of imidazole rings is 1. The second-order valence-corrected chi connectivity index (χ2v) is 6.56. The van der Waals surface area contributed by atoms with Crippen LogP contribution in [0.3, 0.4) is 0 Å². The third-order valence-electron chi connectivity index (χ3n) is 3.30. The topological polar surface area (TPSA) is 47.3 Å². The third kappa shape index (κ3) is 4.22. The first-order valence-corrected chi connectivity index (χ1v) is 7.30. The Morgan fingerprint density at radius 3 is 2.62 bits per heavy atom. The Bertz CT molecular complexity index is 564. The van der Waals surface area contributed by atoms with Crippen molar-refractivity contribution in [3.05, 3.63) is 48.0 Å². The fourth-order valence-corrected chi connectivity index (χ4v) is 2.25. The van der Waals surface area contributed by atoms with Gasteiger partial charge >= 0.3 is 0 Å². The minimum Gasteiger partial charge on any atom is -0.484 e. The molecule has 0 fully saturated rings. The van der Waals surface area contributed by atoms with Crippen molar-refractivity contribution in [1.82, 2.24) is 9.55 Å². The van der Waals surface area contributed by atoms with Crippen LogP contribution < -0.4 is 4.74 Å². The lowest BCUT2D eigenvalue weighted by Crippen LogP contribution is -2.43. The Morgan fingerprint density at radius 2 is 2.05 bits per heavy atom. The van der Waals surface area contributed by atoms with Crippen LogP contribution in [0.4, 0.5) is 0 Å². The van der Waals surface area contributed by atoms with E-state index in [1.54, 1.807) is 24.7 Å². The maximum atomic E-state index is 10.6. The van der Waals surface area contributed by atoms with Crippen LogP contribution in [0.5, 0.6) is 5.75 Å². The summed E-state index contributed by atoms with van der Waals surface area (Å²) in [7, 11) is 0. The minimum atomic E-state index is -0.642. The molecule has 0 saturated carbocycles. The summed E-state index contributed by atoms with van der Waals surface area (Å²) in [5, 5.41) is 11.1. The molecule has 2 aromatic rings. The molecule has 0 radical (unpaired) electrons. The molecule has 0 aliphatic rings. The lowest BCUT2D eigenvalue weighted by molar-refractivity contribution is -0.0383. The highest BCUT2D eigenvalue weighted by atomic mass is 35.5. The molecule has 1 aromatic carbocycles. The maximum absolute atomic E-state index is 10.6. The molecule has 2 atom stereocenters. The van der Waals surface area contributed by atoms with E-state index in [0.717, 1.165) is 0 Å². The van der Waals surface area contributed by atoms with Crippen molar-refractivity contribution in [2.24, 2.45) is 5.41 Å². The Hall–Kier alpha value is -1.52. The van der Waals surface area contributed by atoms with Gasteiger partial charge < -0.3 is 14.4 Å². The number of aliphatic hydroxyl groups is 1. The van der Waals surface area contributed by atoms with Crippen LogP contribution in [0, 0.1) is 5.41 Å². The molecule has 1 N–H and O–H groups in total. The van der Waals surface area contributed by atoms with Crippen LogP contribution in [0.1, 0.15) is 20.8 Å². The van der Waals surface area contributed by atoms with E-state index in [4.69, 9.17) is 16.3 Å². The van der Waals surface area contributed by atoms with Gasteiger partial charge in [0.2, 0.25) is 0 Å². The van der Waals surface area contributed by atoms with E-state index in [9.17, 15) is 5.11 Å². The van der Waals surface area contributed by atoms with Gasteiger partial charge in [0, 0.05) is 12.4 Å². The van der Waals surface area contributed by atoms with Gasteiger partial charge in [-0.15, -0.1) is 0 Å². The normalized spacial score (nSPS) is 14.7. The Labute approximate surface area is 130 Å². The van der Waals surface area contributed by atoms with Gasteiger partial charge in [0.25, 0.3) is 0 Å². The summed E-state index contributed by atoms with van der Waals surface area (Å²) in [6.45, 7) is 6.45. The summed E-state index contributed by atoms with van der Waals surface area (Å²) in [6, 6.07) is 7.28. The zero-order chi connectivity index (χ0) is 15.5. The second kappa shape index (κ2) is 6.50. The van der Waals surface area contributed by atoms with E-state index in [-0.39, 0.29) is 5.41 Å². The van der Waals surface area contributed by atoms with Gasteiger partial charge in [0.15, 0.2) is 0 Å². The number of halogens is 1. The van der Waals surface area contributed by atoms with Gasteiger partial charge in [0.05, 0.1) is 24.0 Å². The Balaban J connectivity index is 2.21. The van der Waals surface area contributed by atoms with Gasteiger partial charge in [-0.1, -0.05) is 44.5 Å². The monoisotopic (exact) mass is 308 g/mol. The van der Waals surface area contributed by atoms with E-state index < -0.39 is 12.2 Å². The van der Waals surface area contributed by atoms with Gasteiger partial charge in [-0.2, -0.15) is 0 Å². The number of para-hydroxylation sites is 1. The Morgan fingerprint density at radius 1 is 1.33 bits per heavy atom. The van der Waals surface area contributed by atoms with Crippen LogP contribution in [0.25, 0.3) is 0 Å². The maximum Gasteiger partial charge on any atom is 0.143 e. The molecule has 2 unspecified atom stereocenters. The van der Waals surface area contributed by atoms with Gasteiger partial charge in [0.1, 0.15) is 11.9 Å². The molecule has 0 aliphatic carbocycles. The van der Waals surface area contributed by atoms with Crippen LogP contribution in [0.2, 0.25) is 5.02 Å². The molecule has 114 valence electrons. The van der Waals surface area contributed by atoms with Crippen LogP contribution in [-0.4, -0.2) is 26.9 Å². The summed E-state index contributed by atoms with van der Waals surface area (Å²) in [5.74, 6) is 0.576. The Kier molecular flexibility index (Phi) is 4.91. The van der Waals surface area contributed by atoms with E-state index in [1.807, 2.05) is 43.7 Å². The molecule has 1 aromatic heterocycles. The molecular weight excluding hydrogens is 288 g/mol. The molecule has 0 amide bonds. The third-order valence-corrected chi connectivity index (χ3v) is 3.62. The number of aliphatic hydroxyl groups excluding tert-OH is 1. The predicted molar refractivity (Wildman–Crippen MR) is 83.6 cm³/mol. The SMILES string of the molecule is CC(C)(C)C(O)C(Cn1ccnc1)Oc1ccccc1Cl. The highest BCUT2D eigenvalue weighted by molar-refractivity contribution is 6.32. The molecule has 0 aliphatic heterocycles. The number of benzene rings is 1. The molecular formula is C16H21ClN2O2. The van der Waals surface area contributed by atoms with Gasteiger partial charge in [-0.3, -0.25) is 0 Å². The number of aromatic nitrogens is 2. The smallest absolute Gasteiger partial charge is 0.143 e. The highest BCUT2D eigenvalue weighted by Gasteiger charge is 2.32. The number of hydrogen-bond acceptors (Lipinski definition) is 3. The van der Waals surface area contributed by atoms with Crippen LogP contribution in [0.15, 0.2) is 43.0 Å². The molecule has 0 saturated heterocycles. The largest absolute Gasteiger partial charge is 0.484 e. The first-order valence-electron chi connectivity index (χ1n) is 6.93. The van der Waals surface area contributed by atoms with Crippen molar-refractivity contribution < 1.29 is 9.84 Å². The zero-order valence-corrected chi connectivity index (χ0v) is 13.3. The molecule has 5 heteroatoms. The van der Waals surface area contributed by atoms with Crippen molar-refractivity contribution in [1.29, 1.82) is 0 Å².